The Morgan fingerprint density at radius 2 is 1.69 bits per heavy atom. The first kappa shape index (κ1) is 22.0. The first-order valence-electron chi connectivity index (χ1n) is 10.7. The smallest absolute Gasteiger partial charge is 0.325 e. The largest absolute Gasteiger partial charge is 0.335 e. The number of benzene rings is 2. The molecule has 0 atom stereocenters. The highest BCUT2D eigenvalue weighted by molar-refractivity contribution is 7.14. The summed E-state index contributed by atoms with van der Waals surface area (Å²) in [6.45, 7) is 6.05. The van der Waals surface area contributed by atoms with Crippen molar-refractivity contribution in [1.29, 1.82) is 0 Å². The third-order valence-corrected chi connectivity index (χ3v) is 6.23. The minimum Gasteiger partial charge on any atom is -0.335 e. The van der Waals surface area contributed by atoms with Crippen molar-refractivity contribution >= 4 is 34.1 Å². The lowest BCUT2D eigenvalue weighted by molar-refractivity contribution is 0.0633. The fourth-order valence-electron chi connectivity index (χ4n) is 3.59. The second-order valence-electron chi connectivity index (χ2n) is 7.85. The number of carbonyl (C=O) groups is 2. The summed E-state index contributed by atoms with van der Waals surface area (Å²) in [7, 11) is 0. The summed E-state index contributed by atoms with van der Waals surface area (Å²) >= 11 is 1.25. The van der Waals surface area contributed by atoms with Crippen LogP contribution in [0.5, 0.6) is 0 Å². The average molecular weight is 450 g/mol. The molecule has 1 aliphatic heterocycles. The first-order valence-corrected chi connectivity index (χ1v) is 11.6. The summed E-state index contributed by atoms with van der Waals surface area (Å²) in [5, 5.41) is 7.57. The molecule has 1 aliphatic rings. The van der Waals surface area contributed by atoms with Crippen LogP contribution >= 0.6 is 11.3 Å². The van der Waals surface area contributed by atoms with E-state index in [1.165, 1.54) is 16.9 Å². The maximum Gasteiger partial charge on any atom is 0.325 e. The van der Waals surface area contributed by atoms with Gasteiger partial charge in [0.1, 0.15) is 5.69 Å². The van der Waals surface area contributed by atoms with Crippen molar-refractivity contribution in [2.24, 2.45) is 0 Å². The van der Waals surface area contributed by atoms with E-state index in [2.05, 4.69) is 44.8 Å². The Kier molecular flexibility index (Phi) is 7.14. The predicted octanol–water partition coefficient (Wildman–Crippen LogP) is 4.10. The minimum absolute atomic E-state index is 0.0871. The zero-order chi connectivity index (χ0) is 22.3. The summed E-state index contributed by atoms with van der Waals surface area (Å²) in [5.41, 5.74) is 3.53. The molecule has 32 heavy (non-hydrogen) atoms. The van der Waals surface area contributed by atoms with Crippen LogP contribution in [0.15, 0.2) is 60.0 Å². The molecule has 8 heteroatoms. The molecule has 0 bridgehead atoms. The quantitative estimate of drug-likeness (QED) is 0.594. The Morgan fingerprint density at radius 1 is 0.969 bits per heavy atom. The number of rotatable bonds is 6. The van der Waals surface area contributed by atoms with Gasteiger partial charge in [-0.05, 0) is 31.0 Å². The molecule has 4 rings (SSSR count). The Balaban J connectivity index is 1.24. The van der Waals surface area contributed by atoms with Crippen molar-refractivity contribution in [3.63, 3.8) is 0 Å². The van der Waals surface area contributed by atoms with Crippen LogP contribution in [0.25, 0.3) is 0 Å². The molecule has 2 N–H and O–H groups in total. The van der Waals surface area contributed by atoms with Crippen LogP contribution in [0, 0.1) is 6.92 Å². The summed E-state index contributed by atoms with van der Waals surface area (Å²) in [4.78, 5) is 33.6. The van der Waals surface area contributed by atoms with Crippen molar-refractivity contribution in [2.75, 3.05) is 43.4 Å². The van der Waals surface area contributed by atoms with Gasteiger partial charge >= 0.3 is 6.03 Å². The Bertz CT molecular complexity index is 1040. The van der Waals surface area contributed by atoms with E-state index in [4.69, 9.17) is 0 Å². The van der Waals surface area contributed by atoms with Crippen LogP contribution < -0.4 is 10.6 Å². The molecule has 0 spiro atoms. The van der Waals surface area contributed by atoms with Gasteiger partial charge in [-0.3, -0.25) is 15.0 Å². The predicted molar refractivity (Wildman–Crippen MR) is 128 cm³/mol. The molecule has 3 aromatic rings. The van der Waals surface area contributed by atoms with E-state index in [1.807, 2.05) is 42.2 Å². The Morgan fingerprint density at radius 3 is 2.41 bits per heavy atom. The Labute approximate surface area is 192 Å². The van der Waals surface area contributed by atoms with Gasteiger partial charge in [0.25, 0.3) is 5.91 Å². The number of aryl methyl sites for hydroxylation is 1. The van der Waals surface area contributed by atoms with Gasteiger partial charge in [-0.15, -0.1) is 11.3 Å². The minimum atomic E-state index is -0.380. The van der Waals surface area contributed by atoms with Crippen LogP contribution in [0.2, 0.25) is 0 Å². The maximum atomic E-state index is 12.8. The molecule has 0 radical (unpaired) electrons. The number of anilines is 2. The molecule has 3 amide bonds. The van der Waals surface area contributed by atoms with Gasteiger partial charge in [0, 0.05) is 43.8 Å². The molecule has 2 heterocycles. The fraction of sp³-hybridized carbons (Fsp3) is 0.292. The summed E-state index contributed by atoms with van der Waals surface area (Å²) < 4.78 is 0. The van der Waals surface area contributed by atoms with E-state index < -0.39 is 0 Å². The van der Waals surface area contributed by atoms with Gasteiger partial charge in [-0.1, -0.05) is 48.0 Å². The molecule has 1 saturated heterocycles. The van der Waals surface area contributed by atoms with Crippen LogP contribution in [-0.2, 0) is 6.42 Å². The van der Waals surface area contributed by atoms with E-state index in [1.54, 1.807) is 5.38 Å². The second kappa shape index (κ2) is 10.4. The molecule has 1 fully saturated rings. The summed E-state index contributed by atoms with van der Waals surface area (Å²) in [6.07, 6.45) is 1.01. The number of hydrogen-bond acceptors (Lipinski definition) is 5. The molecule has 0 unspecified atom stereocenters. The van der Waals surface area contributed by atoms with E-state index >= 15 is 0 Å². The highest BCUT2D eigenvalue weighted by atomic mass is 32.1. The Hall–Kier alpha value is -3.23. The van der Waals surface area contributed by atoms with Crippen molar-refractivity contribution in [3.05, 3.63) is 76.8 Å². The van der Waals surface area contributed by atoms with Gasteiger partial charge in [0.15, 0.2) is 5.13 Å². The molecule has 7 nitrogen and oxygen atoms in total. The molecule has 0 aliphatic carbocycles. The number of amides is 3. The number of nitrogens with one attached hydrogen (secondary N) is 2. The van der Waals surface area contributed by atoms with Crippen LogP contribution in [0.3, 0.4) is 0 Å². The van der Waals surface area contributed by atoms with Crippen molar-refractivity contribution < 1.29 is 9.59 Å². The number of thiazole rings is 1. The highest BCUT2D eigenvalue weighted by Gasteiger charge is 2.24. The van der Waals surface area contributed by atoms with Gasteiger partial charge in [-0.25, -0.2) is 9.78 Å². The zero-order valence-electron chi connectivity index (χ0n) is 18.1. The number of aromatic nitrogens is 1. The van der Waals surface area contributed by atoms with Crippen LogP contribution in [0.1, 0.15) is 21.6 Å². The monoisotopic (exact) mass is 449 g/mol. The number of nitrogens with zero attached hydrogens (tertiary/aromatic N) is 3. The third kappa shape index (κ3) is 5.93. The first-order chi connectivity index (χ1) is 15.6. The highest BCUT2D eigenvalue weighted by Crippen LogP contribution is 2.18. The third-order valence-electron chi connectivity index (χ3n) is 5.47. The average Bonchev–Trinajstić information content (AvgIpc) is 3.28. The van der Waals surface area contributed by atoms with E-state index in [9.17, 15) is 9.59 Å². The number of piperazine rings is 1. The van der Waals surface area contributed by atoms with Gasteiger partial charge in [0.2, 0.25) is 0 Å². The summed E-state index contributed by atoms with van der Waals surface area (Å²) in [6, 6.07) is 17.6. The molecule has 2 aromatic carbocycles. The van der Waals surface area contributed by atoms with E-state index in [0.717, 1.165) is 31.6 Å². The van der Waals surface area contributed by atoms with Crippen molar-refractivity contribution in [1.82, 2.24) is 14.8 Å². The van der Waals surface area contributed by atoms with E-state index in [0.29, 0.717) is 29.6 Å². The topological polar surface area (TPSA) is 77.6 Å². The van der Waals surface area contributed by atoms with Gasteiger partial charge < -0.3 is 10.2 Å². The molecule has 166 valence electrons. The fourth-order valence-corrected chi connectivity index (χ4v) is 4.27. The lowest BCUT2D eigenvalue weighted by Crippen LogP contribution is -2.49. The van der Waals surface area contributed by atoms with E-state index in [-0.39, 0.29) is 11.9 Å². The second-order valence-corrected chi connectivity index (χ2v) is 8.71. The SMILES string of the molecule is Cc1ccc(NC(=O)Nc2nc(C(=O)N3CCN(CCc4ccccc4)CC3)cs2)cc1. The number of carbonyl (C=O) groups excluding carboxylic acids is 2. The normalized spacial score (nSPS) is 14.2. The van der Waals surface area contributed by atoms with Crippen molar-refractivity contribution in [3.8, 4) is 0 Å². The zero-order valence-corrected chi connectivity index (χ0v) is 18.9. The number of urea groups is 1. The summed E-state index contributed by atoms with van der Waals surface area (Å²) in [5.74, 6) is -0.0871. The molecular weight excluding hydrogens is 422 g/mol. The standard InChI is InChI=1S/C24H27N5O2S/c1-18-7-9-20(10-8-18)25-23(31)27-24-26-21(17-32-24)22(30)29-15-13-28(14-16-29)12-11-19-5-3-2-4-6-19/h2-10,17H,11-16H2,1H3,(H2,25,26,27,31). The lowest BCUT2D eigenvalue weighted by atomic mass is 10.1. The molecule has 0 saturated carbocycles. The van der Waals surface area contributed by atoms with Crippen LogP contribution in [0.4, 0.5) is 15.6 Å². The van der Waals surface area contributed by atoms with Crippen molar-refractivity contribution in [2.45, 2.75) is 13.3 Å². The van der Waals surface area contributed by atoms with Gasteiger partial charge in [0.05, 0.1) is 0 Å². The maximum absolute atomic E-state index is 12.8. The van der Waals surface area contributed by atoms with Crippen LogP contribution in [-0.4, -0.2) is 59.4 Å². The molecule has 1 aromatic heterocycles. The molecular formula is C24H27N5O2S. The number of hydrogen-bond donors (Lipinski definition) is 2. The van der Waals surface area contributed by atoms with Gasteiger partial charge in [-0.2, -0.15) is 0 Å². The lowest BCUT2D eigenvalue weighted by Gasteiger charge is -2.34.